The fourth-order valence-electron chi connectivity index (χ4n) is 0.988. The number of aldehydes is 1. The maximum Gasteiger partial charge on any atom is 0.229 e. The normalized spacial score (nSPS) is 8.80. The summed E-state index contributed by atoms with van der Waals surface area (Å²) in [6, 6.07) is 4.23. The summed E-state index contributed by atoms with van der Waals surface area (Å²) in [6.07, 6.45) is 0.535. The van der Waals surface area contributed by atoms with Crippen molar-refractivity contribution in [1.82, 2.24) is 0 Å². The summed E-state index contributed by atoms with van der Waals surface area (Å²) in [5, 5.41) is 9.10. The number of phenols is 1. The van der Waals surface area contributed by atoms with Gasteiger partial charge in [-0.2, -0.15) is 0 Å². The van der Waals surface area contributed by atoms with E-state index in [1.54, 1.807) is 0 Å². The summed E-state index contributed by atoms with van der Waals surface area (Å²) < 4.78 is 0. The van der Waals surface area contributed by atoms with E-state index in [4.69, 9.17) is 10.8 Å². The second-order valence-electron chi connectivity index (χ2n) is 2.83. The SMILES string of the molecule is NC(=O)CC#Cc1ccc(O)cc1C=O. The summed E-state index contributed by atoms with van der Waals surface area (Å²) >= 11 is 0. The Labute approximate surface area is 86.7 Å². The molecule has 0 fully saturated rings. The van der Waals surface area contributed by atoms with E-state index in [2.05, 4.69) is 11.8 Å². The van der Waals surface area contributed by atoms with Gasteiger partial charge < -0.3 is 10.8 Å². The zero-order valence-corrected chi connectivity index (χ0v) is 7.86. The number of aromatic hydroxyl groups is 1. The summed E-state index contributed by atoms with van der Waals surface area (Å²) in [4.78, 5) is 21.0. The number of nitrogens with two attached hydrogens (primary N) is 1. The Bertz CT molecular complexity index is 455. The van der Waals surface area contributed by atoms with Gasteiger partial charge in [-0.1, -0.05) is 11.8 Å². The molecule has 0 spiro atoms. The van der Waals surface area contributed by atoms with Gasteiger partial charge in [0.2, 0.25) is 5.91 Å². The molecule has 0 saturated carbocycles. The van der Waals surface area contributed by atoms with Crippen LogP contribution in [0.2, 0.25) is 0 Å². The van der Waals surface area contributed by atoms with Gasteiger partial charge in [-0.15, -0.1) is 0 Å². The first-order chi connectivity index (χ1) is 7.13. The summed E-state index contributed by atoms with van der Waals surface area (Å²) in [7, 11) is 0. The van der Waals surface area contributed by atoms with Crippen LogP contribution in [0.15, 0.2) is 18.2 Å². The maximum atomic E-state index is 10.6. The van der Waals surface area contributed by atoms with Crippen molar-refractivity contribution in [2.24, 2.45) is 5.73 Å². The molecule has 1 aromatic rings. The Balaban J connectivity index is 2.97. The third-order valence-corrected chi connectivity index (χ3v) is 1.65. The number of carbonyl (C=O) groups excluding carboxylic acids is 2. The van der Waals surface area contributed by atoms with Gasteiger partial charge in [-0.25, -0.2) is 0 Å². The van der Waals surface area contributed by atoms with Crippen molar-refractivity contribution in [1.29, 1.82) is 0 Å². The predicted molar refractivity (Wildman–Crippen MR) is 54.2 cm³/mol. The largest absolute Gasteiger partial charge is 0.508 e. The number of primary amides is 1. The lowest BCUT2D eigenvalue weighted by molar-refractivity contribution is -0.117. The highest BCUT2D eigenvalue weighted by Gasteiger charge is 1.99. The molecular formula is C11H9NO3. The predicted octanol–water partition coefficient (Wildman–Crippen LogP) is 0.432. The number of benzene rings is 1. The summed E-state index contributed by atoms with van der Waals surface area (Å²) in [5.41, 5.74) is 5.65. The quantitative estimate of drug-likeness (QED) is 0.540. The van der Waals surface area contributed by atoms with E-state index in [9.17, 15) is 9.59 Å². The number of phenolic OH excluding ortho intramolecular Hbond substituents is 1. The number of rotatable bonds is 2. The zero-order valence-electron chi connectivity index (χ0n) is 7.86. The molecule has 1 aromatic carbocycles. The number of carbonyl (C=O) groups is 2. The van der Waals surface area contributed by atoms with E-state index in [0.717, 1.165) is 0 Å². The zero-order chi connectivity index (χ0) is 11.3. The van der Waals surface area contributed by atoms with Crippen molar-refractivity contribution in [3.8, 4) is 17.6 Å². The average molecular weight is 203 g/mol. The minimum atomic E-state index is -0.520. The lowest BCUT2D eigenvalue weighted by Gasteiger charge is -1.96. The third-order valence-electron chi connectivity index (χ3n) is 1.65. The van der Waals surface area contributed by atoms with Gasteiger partial charge in [0.05, 0.1) is 6.42 Å². The van der Waals surface area contributed by atoms with Gasteiger partial charge in [0.1, 0.15) is 5.75 Å². The molecule has 0 aliphatic rings. The van der Waals surface area contributed by atoms with Gasteiger partial charge in [-0.3, -0.25) is 9.59 Å². The molecule has 0 heterocycles. The van der Waals surface area contributed by atoms with Crippen LogP contribution in [0.4, 0.5) is 0 Å². The van der Waals surface area contributed by atoms with Crippen molar-refractivity contribution in [3.63, 3.8) is 0 Å². The first kappa shape index (κ1) is 10.8. The Hall–Kier alpha value is -2.28. The Kier molecular flexibility index (Phi) is 3.47. The van der Waals surface area contributed by atoms with Crippen LogP contribution in [0.3, 0.4) is 0 Å². The first-order valence-corrected chi connectivity index (χ1v) is 4.19. The second-order valence-corrected chi connectivity index (χ2v) is 2.83. The second kappa shape index (κ2) is 4.82. The van der Waals surface area contributed by atoms with Crippen LogP contribution in [0.1, 0.15) is 22.3 Å². The number of amides is 1. The number of hydrogen-bond donors (Lipinski definition) is 2. The molecule has 3 N–H and O–H groups in total. The van der Waals surface area contributed by atoms with Crippen molar-refractivity contribution in [2.45, 2.75) is 6.42 Å². The van der Waals surface area contributed by atoms with Crippen molar-refractivity contribution in [2.75, 3.05) is 0 Å². The van der Waals surface area contributed by atoms with Crippen LogP contribution in [-0.2, 0) is 4.79 Å². The van der Waals surface area contributed by atoms with E-state index in [0.29, 0.717) is 11.8 Å². The summed E-state index contributed by atoms with van der Waals surface area (Å²) in [5.74, 6) is 4.64. The highest BCUT2D eigenvalue weighted by molar-refractivity contribution is 5.81. The van der Waals surface area contributed by atoms with Gasteiger partial charge in [-0.05, 0) is 18.2 Å². The van der Waals surface area contributed by atoms with Crippen LogP contribution in [0.5, 0.6) is 5.75 Å². The minimum Gasteiger partial charge on any atom is -0.508 e. The molecule has 0 saturated heterocycles. The Morgan fingerprint density at radius 2 is 2.27 bits per heavy atom. The fourth-order valence-corrected chi connectivity index (χ4v) is 0.988. The fraction of sp³-hybridized carbons (Fsp3) is 0.0909. The first-order valence-electron chi connectivity index (χ1n) is 4.19. The highest BCUT2D eigenvalue weighted by Crippen LogP contribution is 2.13. The average Bonchev–Trinajstić information content (AvgIpc) is 2.19. The summed E-state index contributed by atoms with van der Waals surface area (Å²) in [6.45, 7) is 0. The van der Waals surface area contributed by atoms with E-state index in [-0.39, 0.29) is 17.7 Å². The molecule has 0 radical (unpaired) electrons. The van der Waals surface area contributed by atoms with Crippen LogP contribution in [-0.4, -0.2) is 17.3 Å². The van der Waals surface area contributed by atoms with Crippen molar-refractivity contribution >= 4 is 12.2 Å². The molecule has 4 heteroatoms. The van der Waals surface area contributed by atoms with Crippen molar-refractivity contribution < 1.29 is 14.7 Å². The molecule has 0 aliphatic carbocycles. The molecule has 0 atom stereocenters. The standard InChI is InChI=1S/C11H9NO3/c12-11(15)3-1-2-8-4-5-10(14)6-9(8)7-13/h4-7,14H,3H2,(H2,12,15). The van der Waals surface area contributed by atoms with Gasteiger partial charge in [0.25, 0.3) is 0 Å². The van der Waals surface area contributed by atoms with E-state index >= 15 is 0 Å². The molecule has 0 unspecified atom stereocenters. The van der Waals surface area contributed by atoms with Crippen LogP contribution in [0.25, 0.3) is 0 Å². The molecule has 1 amide bonds. The molecule has 0 bridgehead atoms. The molecule has 15 heavy (non-hydrogen) atoms. The van der Waals surface area contributed by atoms with Gasteiger partial charge in [0, 0.05) is 11.1 Å². The monoisotopic (exact) mass is 203 g/mol. The molecule has 1 rings (SSSR count). The van der Waals surface area contributed by atoms with E-state index in [1.807, 2.05) is 0 Å². The Morgan fingerprint density at radius 3 is 2.87 bits per heavy atom. The van der Waals surface area contributed by atoms with Crippen LogP contribution < -0.4 is 5.73 Å². The van der Waals surface area contributed by atoms with Crippen molar-refractivity contribution in [3.05, 3.63) is 29.3 Å². The molecule has 4 nitrogen and oxygen atoms in total. The lowest BCUT2D eigenvalue weighted by Crippen LogP contribution is -2.08. The third kappa shape index (κ3) is 3.16. The molecule has 0 aliphatic heterocycles. The highest BCUT2D eigenvalue weighted by atomic mass is 16.3. The number of hydrogen-bond acceptors (Lipinski definition) is 3. The smallest absolute Gasteiger partial charge is 0.229 e. The maximum absolute atomic E-state index is 10.6. The van der Waals surface area contributed by atoms with E-state index < -0.39 is 5.91 Å². The Morgan fingerprint density at radius 1 is 1.53 bits per heavy atom. The minimum absolute atomic E-state index is 0.00227. The van der Waals surface area contributed by atoms with Crippen LogP contribution >= 0.6 is 0 Å². The lowest BCUT2D eigenvalue weighted by atomic mass is 10.1. The van der Waals surface area contributed by atoms with E-state index in [1.165, 1.54) is 18.2 Å². The topological polar surface area (TPSA) is 80.4 Å². The van der Waals surface area contributed by atoms with Gasteiger partial charge in [0.15, 0.2) is 6.29 Å². The molecule has 76 valence electrons. The molecule has 0 aromatic heterocycles. The molecular weight excluding hydrogens is 194 g/mol. The van der Waals surface area contributed by atoms with Gasteiger partial charge >= 0.3 is 0 Å². The van der Waals surface area contributed by atoms with Crippen LogP contribution in [0, 0.1) is 11.8 Å².